The average Bonchev–Trinajstić information content (AvgIpc) is 2.84. The van der Waals surface area contributed by atoms with Crippen LogP contribution in [0.15, 0.2) is 0 Å². The number of amides is 2. The Kier molecular flexibility index (Phi) is 5.49. The van der Waals surface area contributed by atoms with Gasteiger partial charge in [-0.15, -0.1) is 0 Å². The van der Waals surface area contributed by atoms with E-state index in [2.05, 4.69) is 5.32 Å². The number of ether oxygens (including phenoxy) is 1. The molecule has 2 N–H and O–H groups in total. The number of carboxylic acids is 1. The van der Waals surface area contributed by atoms with Crippen molar-refractivity contribution in [2.45, 2.75) is 24.6 Å². The Morgan fingerprint density at radius 2 is 2.11 bits per heavy atom. The molecule has 0 bridgehead atoms. The highest BCUT2D eigenvalue weighted by Crippen LogP contribution is 2.21. The van der Waals surface area contributed by atoms with Gasteiger partial charge in [0.25, 0.3) is 0 Å². The molecule has 7 heteroatoms. The van der Waals surface area contributed by atoms with Crippen LogP contribution in [0.2, 0.25) is 0 Å². The fourth-order valence-electron chi connectivity index (χ4n) is 1.80. The van der Waals surface area contributed by atoms with Crippen molar-refractivity contribution in [2.24, 2.45) is 5.92 Å². The van der Waals surface area contributed by atoms with Crippen LogP contribution in [-0.2, 0) is 9.53 Å². The molecule has 6 nitrogen and oxygen atoms in total. The lowest BCUT2D eigenvalue weighted by atomic mass is 10.0. The van der Waals surface area contributed by atoms with Crippen LogP contribution in [0.5, 0.6) is 0 Å². The lowest BCUT2D eigenvalue weighted by molar-refractivity contribution is -0.142. The van der Waals surface area contributed by atoms with Gasteiger partial charge in [-0.3, -0.25) is 4.79 Å². The number of aliphatic carboxylic acids is 1. The highest BCUT2D eigenvalue weighted by Gasteiger charge is 2.38. The summed E-state index contributed by atoms with van der Waals surface area (Å²) in [4.78, 5) is 24.5. The number of nitrogens with zero attached hydrogens (tertiary/aromatic N) is 1. The van der Waals surface area contributed by atoms with Crippen molar-refractivity contribution in [3.63, 3.8) is 0 Å². The normalized spacial score (nSPS) is 23.2. The van der Waals surface area contributed by atoms with Crippen molar-refractivity contribution < 1.29 is 19.4 Å². The van der Waals surface area contributed by atoms with E-state index in [-0.39, 0.29) is 24.0 Å². The first-order valence-corrected chi connectivity index (χ1v) is 7.37. The number of carboxylic acid groups (broad SMARTS) is 1. The van der Waals surface area contributed by atoms with Gasteiger partial charge in [-0.05, 0) is 20.1 Å². The number of nitrogens with one attached hydrogen (secondary N) is 1. The Bertz CT molecular complexity index is 349. The fraction of sp³-hybridized carbons (Fsp3) is 0.833. The maximum Gasteiger partial charge on any atom is 0.317 e. The van der Waals surface area contributed by atoms with Crippen molar-refractivity contribution >= 4 is 23.8 Å². The molecule has 0 aromatic rings. The van der Waals surface area contributed by atoms with Crippen molar-refractivity contribution in [3.05, 3.63) is 0 Å². The molecular weight excluding hydrogens is 268 g/mol. The molecule has 2 unspecified atom stereocenters. The second kappa shape index (κ2) is 6.47. The van der Waals surface area contributed by atoms with Crippen LogP contribution in [0.1, 0.15) is 13.8 Å². The van der Waals surface area contributed by atoms with Crippen LogP contribution >= 0.6 is 11.8 Å². The standard InChI is InChI=1S/C12H22N2O4S/c1-12(2,19-4)7-13-11(17)14(3)9-6-18-5-8(9)10(15)16/h8-9H,5-7H2,1-4H3,(H,13,17)(H,15,16). The zero-order chi connectivity index (χ0) is 14.6. The number of carbonyl (C=O) groups is 2. The molecule has 19 heavy (non-hydrogen) atoms. The Morgan fingerprint density at radius 3 is 2.63 bits per heavy atom. The molecule has 1 aliphatic heterocycles. The van der Waals surface area contributed by atoms with Gasteiger partial charge in [0.2, 0.25) is 0 Å². The lowest BCUT2D eigenvalue weighted by Crippen LogP contribution is -2.50. The highest BCUT2D eigenvalue weighted by molar-refractivity contribution is 7.99. The zero-order valence-electron chi connectivity index (χ0n) is 11.8. The summed E-state index contributed by atoms with van der Waals surface area (Å²) in [6.45, 7) is 5.04. The summed E-state index contributed by atoms with van der Waals surface area (Å²) in [6, 6.07) is -0.668. The van der Waals surface area contributed by atoms with Gasteiger partial charge in [0.05, 0.1) is 19.3 Å². The van der Waals surface area contributed by atoms with E-state index < -0.39 is 17.9 Å². The van der Waals surface area contributed by atoms with Crippen molar-refractivity contribution in [3.8, 4) is 0 Å². The topological polar surface area (TPSA) is 78.9 Å². The number of hydrogen-bond acceptors (Lipinski definition) is 4. The van der Waals surface area contributed by atoms with E-state index >= 15 is 0 Å². The first-order chi connectivity index (χ1) is 8.78. The Labute approximate surface area is 117 Å². The molecule has 1 saturated heterocycles. The summed E-state index contributed by atoms with van der Waals surface area (Å²) in [7, 11) is 1.61. The second-order valence-corrected chi connectivity index (χ2v) is 6.80. The summed E-state index contributed by atoms with van der Waals surface area (Å²) >= 11 is 1.67. The smallest absolute Gasteiger partial charge is 0.317 e. The Hall–Kier alpha value is -0.950. The molecule has 0 spiro atoms. The number of likely N-dealkylation sites (N-methyl/N-ethyl adjacent to an activating group) is 1. The van der Waals surface area contributed by atoms with Crippen molar-refractivity contribution in [2.75, 3.05) is 33.1 Å². The van der Waals surface area contributed by atoms with E-state index in [0.29, 0.717) is 6.54 Å². The number of hydrogen-bond donors (Lipinski definition) is 2. The monoisotopic (exact) mass is 290 g/mol. The summed E-state index contributed by atoms with van der Waals surface area (Å²) in [6.07, 6.45) is 1.99. The Morgan fingerprint density at radius 1 is 1.47 bits per heavy atom. The van der Waals surface area contributed by atoms with Gasteiger partial charge in [0, 0.05) is 18.3 Å². The minimum absolute atomic E-state index is 0.0468. The first-order valence-electron chi connectivity index (χ1n) is 6.15. The molecule has 0 saturated carbocycles. The molecule has 0 aromatic carbocycles. The molecule has 2 atom stereocenters. The van der Waals surface area contributed by atoms with Crippen molar-refractivity contribution in [1.82, 2.24) is 10.2 Å². The molecule has 110 valence electrons. The van der Waals surface area contributed by atoms with Gasteiger partial charge in [0.15, 0.2) is 0 Å². The largest absolute Gasteiger partial charge is 0.481 e. The third-order valence-corrected chi connectivity index (χ3v) is 4.65. The number of rotatable bonds is 5. The maximum absolute atomic E-state index is 12.0. The predicted molar refractivity (Wildman–Crippen MR) is 74.5 cm³/mol. The van der Waals surface area contributed by atoms with Crippen LogP contribution in [0.4, 0.5) is 4.79 Å². The number of carbonyl (C=O) groups excluding carboxylic acids is 1. The molecule has 0 aliphatic carbocycles. The number of urea groups is 1. The van der Waals surface area contributed by atoms with E-state index in [1.807, 2.05) is 20.1 Å². The first kappa shape index (κ1) is 16.1. The third-order valence-electron chi connectivity index (χ3n) is 3.40. The minimum Gasteiger partial charge on any atom is -0.481 e. The Balaban J connectivity index is 2.55. The molecule has 1 fully saturated rings. The van der Waals surface area contributed by atoms with E-state index in [4.69, 9.17) is 9.84 Å². The van der Waals surface area contributed by atoms with E-state index in [1.54, 1.807) is 18.8 Å². The van der Waals surface area contributed by atoms with Crippen LogP contribution < -0.4 is 5.32 Å². The third kappa shape index (κ3) is 4.28. The van der Waals surface area contributed by atoms with E-state index in [1.165, 1.54) is 4.90 Å². The molecule has 0 aromatic heterocycles. The number of thioether (sulfide) groups is 1. The van der Waals surface area contributed by atoms with Gasteiger partial charge < -0.3 is 20.1 Å². The summed E-state index contributed by atoms with van der Waals surface area (Å²) in [5.41, 5.74) is 0. The van der Waals surface area contributed by atoms with Gasteiger partial charge in [-0.1, -0.05) is 0 Å². The second-order valence-electron chi connectivity index (χ2n) is 5.28. The highest BCUT2D eigenvalue weighted by atomic mass is 32.2. The predicted octanol–water partition coefficient (Wildman–Crippen LogP) is 0.869. The summed E-state index contributed by atoms with van der Waals surface area (Å²) in [5, 5.41) is 11.9. The van der Waals surface area contributed by atoms with Crippen LogP contribution in [0, 0.1) is 5.92 Å². The fourth-order valence-corrected chi connectivity index (χ4v) is 2.01. The molecule has 0 radical (unpaired) electrons. The summed E-state index contributed by atoms with van der Waals surface area (Å²) < 4.78 is 5.12. The molecular formula is C12H22N2O4S. The van der Waals surface area contributed by atoms with Crippen molar-refractivity contribution in [1.29, 1.82) is 0 Å². The average molecular weight is 290 g/mol. The van der Waals surface area contributed by atoms with Gasteiger partial charge in [0.1, 0.15) is 5.92 Å². The minimum atomic E-state index is -0.924. The van der Waals surface area contributed by atoms with Crippen LogP contribution in [0.25, 0.3) is 0 Å². The van der Waals surface area contributed by atoms with Gasteiger partial charge >= 0.3 is 12.0 Å². The van der Waals surface area contributed by atoms with Gasteiger partial charge in [-0.2, -0.15) is 11.8 Å². The molecule has 1 heterocycles. The van der Waals surface area contributed by atoms with Crippen LogP contribution in [0.3, 0.4) is 0 Å². The van der Waals surface area contributed by atoms with Gasteiger partial charge in [-0.25, -0.2) is 4.79 Å². The maximum atomic E-state index is 12.0. The molecule has 1 rings (SSSR count). The SMILES string of the molecule is CSC(C)(C)CNC(=O)N(C)C1COCC1C(=O)O. The molecule has 2 amide bonds. The van der Waals surface area contributed by atoms with Crippen LogP contribution in [-0.4, -0.2) is 65.9 Å². The van der Waals surface area contributed by atoms with E-state index in [9.17, 15) is 9.59 Å². The van der Waals surface area contributed by atoms with E-state index in [0.717, 1.165) is 0 Å². The quantitative estimate of drug-likeness (QED) is 0.785. The zero-order valence-corrected chi connectivity index (χ0v) is 12.6. The molecule has 1 aliphatic rings. The lowest BCUT2D eigenvalue weighted by Gasteiger charge is -2.29. The summed E-state index contributed by atoms with van der Waals surface area (Å²) in [5.74, 6) is -1.57.